The SMILES string of the molecule is Cc1occc1-c1nnnn1CC(C)C(=O)O. The highest BCUT2D eigenvalue weighted by Crippen LogP contribution is 2.21. The topological polar surface area (TPSA) is 94.0 Å². The molecule has 0 aliphatic heterocycles. The fourth-order valence-corrected chi connectivity index (χ4v) is 1.47. The van der Waals surface area contributed by atoms with Gasteiger partial charge in [-0.25, -0.2) is 4.68 Å². The summed E-state index contributed by atoms with van der Waals surface area (Å²) in [6.07, 6.45) is 1.55. The Bertz CT molecular complexity index is 531. The molecule has 0 bridgehead atoms. The van der Waals surface area contributed by atoms with Crippen molar-refractivity contribution in [3.63, 3.8) is 0 Å². The lowest BCUT2D eigenvalue weighted by Crippen LogP contribution is -2.18. The van der Waals surface area contributed by atoms with Crippen LogP contribution in [0.1, 0.15) is 12.7 Å². The minimum atomic E-state index is -0.879. The van der Waals surface area contributed by atoms with Crippen LogP contribution >= 0.6 is 0 Å². The predicted molar refractivity (Wildman–Crippen MR) is 57.1 cm³/mol. The van der Waals surface area contributed by atoms with Gasteiger partial charge >= 0.3 is 5.97 Å². The second-order valence-corrected chi connectivity index (χ2v) is 3.81. The number of carboxylic acid groups (broad SMARTS) is 1. The number of hydrogen-bond acceptors (Lipinski definition) is 5. The molecule has 90 valence electrons. The standard InChI is InChI=1S/C10H12N4O3/c1-6(10(15)16)5-14-9(11-12-13-14)8-3-4-17-7(8)2/h3-4,6H,5H2,1-2H3,(H,15,16). The molecule has 0 saturated carbocycles. The van der Waals surface area contributed by atoms with Gasteiger partial charge < -0.3 is 9.52 Å². The fourth-order valence-electron chi connectivity index (χ4n) is 1.47. The van der Waals surface area contributed by atoms with E-state index >= 15 is 0 Å². The molecule has 2 aromatic heterocycles. The zero-order valence-electron chi connectivity index (χ0n) is 9.49. The molecule has 2 heterocycles. The van der Waals surface area contributed by atoms with E-state index in [1.54, 1.807) is 26.2 Å². The number of aromatic nitrogens is 4. The van der Waals surface area contributed by atoms with Crippen LogP contribution in [-0.2, 0) is 11.3 Å². The molecule has 7 heteroatoms. The number of nitrogens with zero attached hydrogens (tertiary/aromatic N) is 4. The highest BCUT2D eigenvalue weighted by Gasteiger charge is 2.18. The number of tetrazole rings is 1. The van der Waals surface area contributed by atoms with E-state index < -0.39 is 11.9 Å². The molecule has 1 N–H and O–H groups in total. The van der Waals surface area contributed by atoms with Crippen LogP contribution in [0.15, 0.2) is 16.7 Å². The van der Waals surface area contributed by atoms with E-state index in [1.165, 1.54) is 4.68 Å². The van der Waals surface area contributed by atoms with Crippen LogP contribution in [-0.4, -0.2) is 31.3 Å². The van der Waals surface area contributed by atoms with Crippen molar-refractivity contribution in [3.05, 3.63) is 18.1 Å². The third kappa shape index (κ3) is 2.17. The molecule has 0 saturated heterocycles. The van der Waals surface area contributed by atoms with Gasteiger partial charge in [0.25, 0.3) is 0 Å². The summed E-state index contributed by atoms with van der Waals surface area (Å²) in [5.74, 6) is -0.215. The van der Waals surface area contributed by atoms with Gasteiger partial charge in [0.05, 0.1) is 24.3 Å². The number of carboxylic acids is 1. The van der Waals surface area contributed by atoms with Gasteiger partial charge in [-0.15, -0.1) is 5.10 Å². The van der Waals surface area contributed by atoms with Gasteiger partial charge in [0.15, 0.2) is 5.82 Å². The van der Waals surface area contributed by atoms with E-state index in [-0.39, 0.29) is 6.54 Å². The van der Waals surface area contributed by atoms with Crippen molar-refractivity contribution < 1.29 is 14.3 Å². The van der Waals surface area contributed by atoms with Crippen LogP contribution in [0.4, 0.5) is 0 Å². The Labute approximate surface area is 97.0 Å². The second kappa shape index (κ2) is 4.36. The second-order valence-electron chi connectivity index (χ2n) is 3.81. The van der Waals surface area contributed by atoms with Crippen LogP contribution in [0.2, 0.25) is 0 Å². The number of aliphatic carboxylic acids is 1. The molecule has 0 spiro atoms. The molecule has 2 aromatic rings. The molecule has 0 aliphatic carbocycles. The molecule has 0 fully saturated rings. The molecule has 1 atom stereocenters. The third-order valence-electron chi connectivity index (χ3n) is 2.50. The maximum absolute atomic E-state index is 10.8. The Morgan fingerprint density at radius 2 is 2.41 bits per heavy atom. The maximum Gasteiger partial charge on any atom is 0.308 e. The lowest BCUT2D eigenvalue weighted by atomic mass is 10.2. The van der Waals surface area contributed by atoms with Gasteiger partial charge in [-0.05, 0) is 23.4 Å². The summed E-state index contributed by atoms with van der Waals surface area (Å²) in [5.41, 5.74) is 0.771. The summed E-state index contributed by atoms with van der Waals surface area (Å²) >= 11 is 0. The first kappa shape index (κ1) is 11.3. The summed E-state index contributed by atoms with van der Waals surface area (Å²) in [4.78, 5) is 10.8. The summed E-state index contributed by atoms with van der Waals surface area (Å²) < 4.78 is 6.64. The first-order valence-electron chi connectivity index (χ1n) is 5.13. The lowest BCUT2D eigenvalue weighted by Gasteiger charge is -2.07. The largest absolute Gasteiger partial charge is 0.481 e. The normalized spacial score (nSPS) is 12.6. The minimum absolute atomic E-state index is 0.224. The quantitative estimate of drug-likeness (QED) is 0.849. The monoisotopic (exact) mass is 236 g/mol. The van der Waals surface area contributed by atoms with Gasteiger partial charge in [0, 0.05) is 0 Å². The van der Waals surface area contributed by atoms with Gasteiger partial charge in [0.2, 0.25) is 0 Å². The summed E-state index contributed by atoms with van der Waals surface area (Å²) in [6.45, 7) is 3.63. The van der Waals surface area contributed by atoms with Crippen LogP contribution < -0.4 is 0 Å². The highest BCUT2D eigenvalue weighted by atomic mass is 16.4. The zero-order valence-corrected chi connectivity index (χ0v) is 9.49. The van der Waals surface area contributed by atoms with Gasteiger partial charge in [-0.2, -0.15) is 0 Å². The van der Waals surface area contributed by atoms with Crippen molar-refractivity contribution in [1.29, 1.82) is 0 Å². The maximum atomic E-state index is 10.8. The Balaban J connectivity index is 2.29. The van der Waals surface area contributed by atoms with E-state index in [0.717, 1.165) is 5.56 Å². The molecule has 0 radical (unpaired) electrons. The molecule has 17 heavy (non-hydrogen) atoms. The minimum Gasteiger partial charge on any atom is -0.481 e. The average Bonchev–Trinajstić information content (AvgIpc) is 2.86. The average molecular weight is 236 g/mol. The van der Waals surface area contributed by atoms with E-state index in [9.17, 15) is 4.79 Å². The van der Waals surface area contributed by atoms with Crippen molar-refractivity contribution in [1.82, 2.24) is 20.2 Å². The van der Waals surface area contributed by atoms with Crippen LogP contribution in [0.3, 0.4) is 0 Å². The van der Waals surface area contributed by atoms with Crippen molar-refractivity contribution in [2.45, 2.75) is 20.4 Å². The molecule has 0 aliphatic rings. The molecule has 0 amide bonds. The molecular weight excluding hydrogens is 224 g/mol. The van der Waals surface area contributed by atoms with Gasteiger partial charge in [-0.3, -0.25) is 4.79 Å². The summed E-state index contributed by atoms with van der Waals surface area (Å²) in [6, 6.07) is 1.75. The number of furan rings is 1. The molecule has 1 unspecified atom stereocenters. The number of hydrogen-bond donors (Lipinski definition) is 1. The first-order valence-corrected chi connectivity index (χ1v) is 5.13. The zero-order chi connectivity index (χ0) is 12.4. The Hall–Kier alpha value is -2.18. The summed E-state index contributed by atoms with van der Waals surface area (Å²) in [5, 5.41) is 20.1. The Kier molecular flexibility index (Phi) is 2.90. The Morgan fingerprint density at radius 3 is 3.00 bits per heavy atom. The van der Waals surface area contributed by atoms with E-state index in [4.69, 9.17) is 9.52 Å². The third-order valence-corrected chi connectivity index (χ3v) is 2.50. The highest BCUT2D eigenvalue weighted by molar-refractivity contribution is 5.69. The molecule has 7 nitrogen and oxygen atoms in total. The summed E-state index contributed by atoms with van der Waals surface area (Å²) in [7, 11) is 0. The fraction of sp³-hybridized carbons (Fsp3) is 0.400. The van der Waals surface area contributed by atoms with E-state index in [2.05, 4.69) is 15.5 Å². The number of rotatable bonds is 4. The smallest absolute Gasteiger partial charge is 0.308 e. The number of aryl methyl sites for hydroxylation is 1. The van der Waals surface area contributed by atoms with Crippen LogP contribution in [0.5, 0.6) is 0 Å². The van der Waals surface area contributed by atoms with Crippen LogP contribution in [0, 0.1) is 12.8 Å². The van der Waals surface area contributed by atoms with Gasteiger partial charge in [-0.1, -0.05) is 6.92 Å². The van der Waals surface area contributed by atoms with E-state index in [0.29, 0.717) is 11.6 Å². The van der Waals surface area contributed by atoms with Crippen molar-refractivity contribution in [3.8, 4) is 11.4 Å². The molecule has 0 aromatic carbocycles. The van der Waals surface area contributed by atoms with E-state index in [1.807, 2.05) is 0 Å². The van der Waals surface area contributed by atoms with Gasteiger partial charge in [0.1, 0.15) is 5.76 Å². The van der Waals surface area contributed by atoms with Crippen molar-refractivity contribution in [2.75, 3.05) is 0 Å². The van der Waals surface area contributed by atoms with Crippen LogP contribution in [0.25, 0.3) is 11.4 Å². The number of carbonyl (C=O) groups is 1. The van der Waals surface area contributed by atoms with Crippen molar-refractivity contribution >= 4 is 5.97 Å². The predicted octanol–water partition coefficient (Wildman–Crippen LogP) is 0.962. The molecular formula is C10H12N4O3. The lowest BCUT2D eigenvalue weighted by molar-refractivity contribution is -0.141. The first-order chi connectivity index (χ1) is 8.09. The Morgan fingerprint density at radius 1 is 1.65 bits per heavy atom. The van der Waals surface area contributed by atoms with Crippen molar-refractivity contribution in [2.24, 2.45) is 5.92 Å². The molecule has 2 rings (SSSR count).